The van der Waals surface area contributed by atoms with Crippen molar-refractivity contribution in [3.8, 4) is 0 Å². The number of allylic oxidation sites excluding steroid dienone is 1. The van der Waals surface area contributed by atoms with E-state index in [2.05, 4.69) is 84.0 Å². The third-order valence-electron chi connectivity index (χ3n) is 6.51. The van der Waals surface area contributed by atoms with Crippen molar-refractivity contribution < 1.29 is 31.1 Å². The van der Waals surface area contributed by atoms with E-state index in [-0.39, 0.29) is 32.0 Å². The Morgan fingerprint density at radius 3 is 1.97 bits per heavy atom. The van der Waals surface area contributed by atoms with Crippen LogP contribution in [0.15, 0.2) is 54.6 Å². The van der Waals surface area contributed by atoms with Crippen LogP contribution in [0.25, 0.3) is 0 Å². The SMILES string of the molecule is CC(C)(C)c1ccc([I+]c2ccc(C(C)(C)C)cc2C2CCC(/C=C/C(=O)O)CC2)cc1. The van der Waals surface area contributed by atoms with Crippen LogP contribution in [-0.4, -0.2) is 11.1 Å². The molecule has 0 atom stereocenters. The second-order valence-electron chi connectivity index (χ2n) is 11.1. The summed E-state index contributed by atoms with van der Waals surface area (Å²) in [6.45, 7) is 13.7. The molecule has 1 aliphatic rings. The van der Waals surface area contributed by atoms with Crippen LogP contribution < -0.4 is 21.2 Å². The molecule has 1 saturated carbocycles. The standard InChI is InChI=1S/C29H37IO2/c1-28(2,3)22-12-15-24(16-13-22)30-26-17-14-23(29(4,5)6)19-25(26)21-10-7-20(8-11-21)9-18-27(31)32/h9,12-21H,7-8,10-11H2,1-6H3/p+1/b18-9+. The maximum Gasteiger partial charge on any atom is 0.358 e. The fourth-order valence-corrected chi connectivity index (χ4v) is 7.04. The molecule has 0 heterocycles. The van der Waals surface area contributed by atoms with E-state index in [1.54, 1.807) is 9.13 Å². The van der Waals surface area contributed by atoms with E-state index in [9.17, 15) is 4.79 Å². The number of carboxylic acid groups (broad SMARTS) is 1. The highest BCUT2D eigenvalue weighted by Crippen LogP contribution is 2.37. The van der Waals surface area contributed by atoms with Crippen molar-refractivity contribution in [2.75, 3.05) is 0 Å². The number of benzene rings is 2. The van der Waals surface area contributed by atoms with Crippen molar-refractivity contribution in [2.24, 2.45) is 5.92 Å². The smallest absolute Gasteiger partial charge is 0.358 e. The molecule has 1 fully saturated rings. The van der Waals surface area contributed by atoms with Gasteiger partial charge in [0.2, 0.25) is 0 Å². The lowest BCUT2D eigenvalue weighted by Crippen LogP contribution is -3.61. The Labute approximate surface area is 204 Å². The molecule has 3 heteroatoms. The summed E-state index contributed by atoms with van der Waals surface area (Å²) >= 11 is -0.238. The predicted octanol–water partition coefficient (Wildman–Crippen LogP) is 4.32. The lowest BCUT2D eigenvalue weighted by molar-refractivity contribution is -0.598. The summed E-state index contributed by atoms with van der Waals surface area (Å²) in [5.41, 5.74) is 4.68. The fraction of sp³-hybridized carbons (Fsp3) is 0.483. The third kappa shape index (κ3) is 6.69. The molecule has 3 rings (SSSR count). The van der Waals surface area contributed by atoms with Gasteiger partial charge in [0.25, 0.3) is 0 Å². The molecule has 0 unspecified atom stereocenters. The molecule has 2 aromatic rings. The molecule has 0 spiro atoms. The minimum Gasteiger partial charge on any atom is -0.478 e. The lowest BCUT2D eigenvalue weighted by atomic mass is 9.77. The van der Waals surface area contributed by atoms with Crippen LogP contribution in [0.2, 0.25) is 0 Å². The maximum absolute atomic E-state index is 10.9. The lowest BCUT2D eigenvalue weighted by Gasteiger charge is -2.28. The zero-order valence-corrected chi connectivity index (χ0v) is 22.6. The van der Waals surface area contributed by atoms with Crippen molar-refractivity contribution in [1.82, 2.24) is 0 Å². The summed E-state index contributed by atoms with van der Waals surface area (Å²) in [7, 11) is 0. The zero-order valence-electron chi connectivity index (χ0n) is 20.4. The van der Waals surface area contributed by atoms with Gasteiger partial charge in [-0.3, -0.25) is 0 Å². The first-order valence-corrected chi connectivity index (χ1v) is 13.9. The second-order valence-corrected chi connectivity index (χ2v) is 14.1. The van der Waals surface area contributed by atoms with Gasteiger partial charge in [-0.25, -0.2) is 4.79 Å². The normalized spacial score (nSPS) is 19.9. The first kappa shape index (κ1) is 25.0. The summed E-state index contributed by atoms with van der Waals surface area (Å²) in [6.07, 6.45) is 7.65. The van der Waals surface area contributed by atoms with Crippen LogP contribution in [0.3, 0.4) is 0 Å². The van der Waals surface area contributed by atoms with Gasteiger partial charge in [-0.2, -0.15) is 0 Å². The molecule has 0 amide bonds. The number of aliphatic carboxylic acids is 1. The minimum absolute atomic E-state index is 0.140. The molecular formula is C29H38IO2+. The minimum atomic E-state index is -0.838. The van der Waals surface area contributed by atoms with E-state index in [1.807, 2.05) is 6.08 Å². The molecule has 0 aliphatic heterocycles. The first-order valence-electron chi connectivity index (χ1n) is 11.7. The molecule has 0 saturated heterocycles. The molecule has 1 N–H and O–H groups in total. The number of hydrogen-bond acceptors (Lipinski definition) is 1. The topological polar surface area (TPSA) is 37.3 Å². The fourth-order valence-electron chi connectivity index (χ4n) is 4.38. The number of halogens is 1. The maximum atomic E-state index is 10.9. The van der Waals surface area contributed by atoms with Gasteiger partial charge < -0.3 is 5.11 Å². The molecule has 1 aliphatic carbocycles. The summed E-state index contributed by atoms with van der Waals surface area (Å²) in [6, 6.07) is 16.5. The second kappa shape index (κ2) is 10.1. The van der Waals surface area contributed by atoms with Crippen LogP contribution in [-0.2, 0) is 15.6 Å². The highest BCUT2D eigenvalue weighted by molar-refractivity contribution is 5.79. The van der Waals surface area contributed by atoms with Gasteiger partial charge in [0.1, 0.15) is 0 Å². The summed E-state index contributed by atoms with van der Waals surface area (Å²) < 4.78 is 3.02. The van der Waals surface area contributed by atoms with E-state index in [0.29, 0.717) is 11.8 Å². The Kier molecular flexibility index (Phi) is 7.90. The van der Waals surface area contributed by atoms with Crippen molar-refractivity contribution in [3.63, 3.8) is 0 Å². The van der Waals surface area contributed by atoms with E-state index >= 15 is 0 Å². The molecule has 2 nitrogen and oxygen atoms in total. The van der Waals surface area contributed by atoms with Gasteiger partial charge in [0.05, 0.1) is 0 Å². The number of rotatable bonds is 5. The van der Waals surface area contributed by atoms with E-state index in [1.165, 1.54) is 20.8 Å². The van der Waals surface area contributed by atoms with Crippen LogP contribution in [0, 0.1) is 13.1 Å². The largest absolute Gasteiger partial charge is 0.478 e. The highest BCUT2D eigenvalue weighted by Gasteiger charge is 2.30. The highest BCUT2D eigenvalue weighted by atomic mass is 127. The summed E-state index contributed by atoms with van der Waals surface area (Å²) in [5.74, 6) is 0.140. The molecule has 2 aromatic carbocycles. The Morgan fingerprint density at radius 2 is 1.44 bits per heavy atom. The van der Waals surface area contributed by atoms with Gasteiger partial charge >= 0.3 is 27.2 Å². The Morgan fingerprint density at radius 1 is 0.875 bits per heavy atom. The van der Waals surface area contributed by atoms with Crippen LogP contribution in [0.4, 0.5) is 0 Å². The average Bonchev–Trinajstić information content (AvgIpc) is 2.72. The first-order chi connectivity index (χ1) is 14.9. The van der Waals surface area contributed by atoms with Crippen LogP contribution in [0.1, 0.15) is 89.8 Å². The predicted molar refractivity (Wildman–Crippen MR) is 129 cm³/mol. The monoisotopic (exact) mass is 545 g/mol. The van der Waals surface area contributed by atoms with E-state index in [4.69, 9.17) is 5.11 Å². The number of carbonyl (C=O) groups is 1. The van der Waals surface area contributed by atoms with Gasteiger partial charge in [0.15, 0.2) is 7.14 Å². The van der Waals surface area contributed by atoms with Gasteiger partial charge in [-0.05, 0) is 77.7 Å². The zero-order chi connectivity index (χ0) is 23.5. The molecule has 0 radical (unpaired) electrons. The molecule has 172 valence electrons. The third-order valence-corrected chi connectivity index (χ3v) is 9.41. The molecule has 0 aromatic heterocycles. The van der Waals surface area contributed by atoms with Crippen molar-refractivity contribution in [2.45, 2.75) is 84.0 Å². The van der Waals surface area contributed by atoms with Crippen molar-refractivity contribution in [3.05, 3.63) is 78.4 Å². The van der Waals surface area contributed by atoms with Gasteiger partial charge in [-0.1, -0.05) is 71.9 Å². The van der Waals surface area contributed by atoms with Crippen LogP contribution >= 0.6 is 0 Å². The van der Waals surface area contributed by atoms with Crippen molar-refractivity contribution in [1.29, 1.82) is 0 Å². The van der Waals surface area contributed by atoms with Crippen molar-refractivity contribution >= 4 is 5.97 Å². The average molecular weight is 546 g/mol. The summed E-state index contributed by atoms with van der Waals surface area (Å²) in [5, 5.41) is 8.94. The van der Waals surface area contributed by atoms with Crippen LogP contribution in [0.5, 0.6) is 0 Å². The Bertz CT molecular complexity index is 950. The summed E-state index contributed by atoms with van der Waals surface area (Å²) in [4.78, 5) is 10.9. The van der Waals surface area contributed by atoms with Gasteiger partial charge in [0, 0.05) is 11.6 Å². The molecule has 32 heavy (non-hydrogen) atoms. The van der Waals surface area contributed by atoms with E-state index in [0.717, 1.165) is 25.7 Å². The van der Waals surface area contributed by atoms with E-state index < -0.39 is 5.97 Å². The Hall–Kier alpha value is -1.62. The number of hydrogen-bond donors (Lipinski definition) is 1. The number of carboxylic acids is 1. The quantitative estimate of drug-likeness (QED) is 0.449. The Balaban J connectivity index is 1.85. The molecular weight excluding hydrogens is 507 g/mol. The van der Waals surface area contributed by atoms with Gasteiger partial charge in [-0.15, -0.1) is 0 Å². The molecule has 0 bridgehead atoms.